The first kappa shape index (κ1) is 9.33. The number of hydrogen-bond acceptors (Lipinski definition) is 4. The van der Waals surface area contributed by atoms with Crippen molar-refractivity contribution >= 4 is 23.0 Å². The number of aryl methyl sites for hydroxylation is 1. The Morgan fingerprint density at radius 1 is 1.57 bits per heavy atom. The lowest BCUT2D eigenvalue weighted by atomic mass is 10.2. The van der Waals surface area contributed by atoms with Gasteiger partial charge in [-0.25, -0.2) is 4.98 Å². The summed E-state index contributed by atoms with van der Waals surface area (Å²) in [5, 5.41) is 3.18. The van der Waals surface area contributed by atoms with Crippen molar-refractivity contribution in [3.63, 3.8) is 0 Å². The number of nitrogens with one attached hydrogen (secondary N) is 1. The number of fused-ring (bicyclic) bond motifs is 1. The molecule has 0 saturated heterocycles. The summed E-state index contributed by atoms with van der Waals surface area (Å²) in [6.07, 6.45) is 1.75. The third kappa shape index (κ3) is 1.55. The molecule has 0 atom stereocenters. The van der Waals surface area contributed by atoms with E-state index in [0.717, 1.165) is 17.7 Å². The van der Waals surface area contributed by atoms with Crippen LogP contribution in [0.3, 0.4) is 0 Å². The second-order valence-corrected chi connectivity index (χ2v) is 4.29. The topological polar surface area (TPSA) is 59.1 Å². The zero-order valence-electron chi connectivity index (χ0n) is 7.79. The van der Waals surface area contributed by atoms with Crippen LogP contribution in [0.5, 0.6) is 0 Å². The maximum atomic E-state index is 11.5. The molecular formula is C9H10N2O2S. The third-order valence-corrected chi connectivity index (χ3v) is 3.30. The Morgan fingerprint density at radius 3 is 3.07 bits per heavy atom. The van der Waals surface area contributed by atoms with Gasteiger partial charge in [0, 0.05) is 18.3 Å². The highest BCUT2D eigenvalue weighted by Crippen LogP contribution is 2.22. The van der Waals surface area contributed by atoms with E-state index in [1.807, 2.05) is 0 Å². The highest BCUT2D eigenvalue weighted by Gasteiger charge is 2.21. The van der Waals surface area contributed by atoms with Crippen molar-refractivity contribution in [1.82, 2.24) is 10.3 Å². The maximum Gasteiger partial charge on any atom is 0.271 e. The van der Waals surface area contributed by atoms with Crippen LogP contribution in [0.1, 0.15) is 38.5 Å². The number of amides is 1. The number of ketones is 1. The summed E-state index contributed by atoms with van der Waals surface area (Å²) >= 11 is 1.34. The van der Waals surface area contributed by atoms with Crippen molar-refractivity contribution < 1.29 is 9.59 Å². The van der Waals surface area contributed by atoms with E-state index in [1.54, 1.807) is 0 Å². The van der Waals surface area contributed by atoms with Gasteiger partial charge < -0.3 is 5.32 Å². The minimum Gasteiger partial charge on any atom is -0.351 e. The lowest BCUT2D eigenvalue weighted by molar-refractivity contribution is 0.0951. The number of thiazole rings is 1. The van der Waals surface area contributed by atoms with Crippen molar-refractivity contribution in [1.29, 1.82) is 0 Å². The Kier molecular flexibility index (Phi) is 2.33. The molecule has 2 rings (SSSR count). The van der Waals surface area contributed by atoms with Crippen LogP contribution in [0.15, 0.2) is 0 Å². The molecule has 5 heteroatoms. The van der Waals surface area contributed by atoms with Crippen molar-refractivity contribution in [2.45, 2.75) is 19.8 Å². The predicted octanol–water partition coefficient (Wildman–Crippen LogP) is 1.02. The van der Waals surface area contributed by atoms with Crippen LogP contribution in [-0.2, 0) is 6.42 Å². The van der Waals surface area contributed by atoms with Crippen LogP contribution in [0.4, 0.5) is 0 Å². The number of aromatic nitrogens is 1. The fraction of sp³-hybridized carbons (Fsp3) is 0.444. The average Bonchev–Trinajstić information content (AvgIpc) is 2.49. The molecule has 1 N–H and O–H groups in total. The molecule has 0 unspecified atom stereocenters. The fourth-order valence-corrected chi connectivity index (χ4v) is 2.38. The molecule has 0 saturated carbocycles. The summed E-state index contributed by atoms with van der Waals surface area (Å²) < 4.78 is 0. The van der Waals surface area contributed by atoms with Crippen LogP contribution >= 0.6 is 11.3 Å². The first-order valence-corrected chi connectivity index (χ1v) is 5.29. The van der Waals surface area contributed by atoms with Gasteiger partial charge in [0.05, 0.1) is 0 Å². The molecule has 14 heavy (non-hydrogen) atoms. The first-order valence-electron chi connectivity index (χ1n) is 4.47. The molecule has 1 aromatic rings. The van der Waals surface area contributed by atoms with E-state index in [4.69, 9.17) is 0 Å². The molecule has 1 aromatic heterocycles. The Bertz CT molecular complexity index is 398. The quantitative estimate of drug-likeness (QED) is 0.704. The van der Waals surface area contributed by atoms with Gasteiger partial charge in [0.1, 0.15) is 5.69 Å². The van der Waals surface area contributed by atoms with E-state index < -0.39 is 0 Å². The lowest BCUT2D eigenvalue weighted by Crippen LogP contribution is -2.23. The molecule has 4 nitrogen and oxygen atoms in total. The van der Waals surface area contributed by atoms with Gasteiger partial charge in [0.2, 0.25) is 0 Å². The average molecular weight is 210 g/mol. The summed E-state index contributed by atoms with van der Waals surface area (Å²) in [5.74, 6) is -0.225. The van der Waals surface area contributed by atoms with Crippen molar-refractivity contribution in [2.24, 2.45) is 0 Å². The molecule has 0 fully saturated rings. The Labute approximate surface area is 85.3 Å². The van der Waals surface area contributed by atoms with Gasteiger partial charge in [-0.2, -0.15) is 0 Å². The second kappa shape index (κ2) is 3.49. The highest BCUT2D eigenvalue weighted by atomic mass is 32.1. The van der Waals surface area contributed by atoms with Crippen LogP contribution in [0.25, 0.3) is 0 Å². The third-order valence-electron chi connectivity index (χ3n) is 2.08. The molecule has 74 valence electrons. The monoisotopic (exact) mass is 210 g/mol. The second-order valence-electron chi connectivity index (χ2n) is 3.21. The summed E-state index contributed by atoms with van der Waals surface area (Å²) in [6, 6.07) is 0. The normalized spacial score (nSPS) is 15.6. The molecule has 0 bridgehead atoms. The van der Waals surface area contributed by atoms with E-state index in [1.165, 1.54) is 18.3 Å². The number of hydrogen-bond donors (Lipinski definition) is 1. The Balaban J connectivity index is 2.44. The Morgan fingerprint density at radius 2 is 2.36 bits per heavy atom. The van der Waals surface area contributed by atoms with Gasteiger partial charge in [-0.15, -0.1) is 11.3 Å². The molecular weight excluding hydrogens is 200 g/mol. The summed E-state index contributed by atoms with van der Waals surface area (Å²) in [5.41, 5.74) is 0.442. The van der Waals surface area contributed by atoms with Gasteiger partial charge in [0.25, 0.3) is 5.91 Å². The van der Waals surface area contributed by atoms with Crippen LogP contribution in [0, 0.1) is 0 Å². The van der Waals surface area contributed by atoms with Crippen molar-refractivity contribution in [2.75, 3.05) is 6.54 Å². The molecule has 0 aromatic carbocycles. The van der Waals surface area contributed by atoms with Crippen molar-refractivity contribution in [3.05, 3.63) is 15.6 Å². The zero-order valence-corrected chi connectivity index (χ0v) is 8.61. The predicted molar refractivity (Wildman–Crippen MR) is 52.8 cm³/mol. The minimum absolute atomic E-state index is 0.0733. The van der Waals surface area contributed by atoms with Crippen molar-refractivity contribution in [3.8, 4) is 0 Å². The zero-order chi connectivity index (χ0) is 10.1. The van der Waals surface area contributed by atoms with Gasteiger partial charge in [-0.1, -0.05) is 0 Å². The number of Topliss-reactive ketones (excluding diaryl/α,β-unsaturated/α-hetero) is 1. The highest BCUT2D eigenvalue weighted by molar-refractivity contribution is 7.13. The van der Waals surface area contributed by atoms with E-state index in [2.05, 4.69) is 10.3 Å². The minimum atomic E-state index is -0.152. The molecule has 0 spiro atoms. The first-order chi connectivity index (χ1) is 6.68. The number of carbonyl (C=O) groups is 2. The molecule has 0 aliphatic carbocycles. The smallest absolute Gasteiger partial charge is 0.271 e. The Hall–Kier alpha value is -1.23. The number of rotatable bonds is 1. The lowest BCUT2D eigenvalue weighted by Gasteiger charge is -1.95. The van der Waals surface area contributed by atoms with E-state index in [9.17, 15) is 9.59 Å². The van der Waals surface area contributed by atoms with Gasteiger partial charge >= 0.3 is 0 Å². The van der Waals surface area contributed by atoms with E-state index in [-0.39, 0.29) is 11.7 Å². The molecule has 2 heterocycles. The van der Waals surface area contributed by atoms with Crippen LogP contribution in [-0.4, -0.2) is 23.2 Å². The number of carbonyl (C=O) groups excluding carboxylic acids is 2. The largest absolute Gasteiger partial charge is 0.351 e. The molecule has 0 radical (unpaired) electrons. The summed E-state index contributed by atoms with van der Waals surface area (Å²) in [4.78, 5) is 27.5. The number of nitrogens with zero attached hydrogens (tertiary/aromatic N) is 1. The van der Waals surface area contributed by atoms with E-state index in [0.29, 0.717) is 17.2 Å². The fourth-order valence-electron chi connectivity index (χ4n) is 1.38. The van der Waals surface area contributed by atoms with Crippen LogP contribution < -0.4 is 5.32 Å². The molecule has 1 aliphatic rings. The van der Waals surface area contributed by atoms with Gasteiger partial charge in [-0.05, 0) is 12.8 Å². The van der Waals surface area contributed by atoms with Crippen LogP contribution in [0.2, 0.25) is 0 Å². The van der Waals surface area contributed by atoms with Gasteiger partial charge in [0.15, 0.2) is 10.8 Å². The van der Waals surface area contributed by atoms with Gasteiger partial charge in [-0.3, -0.25) is 9.59 Å². The molecule has 1 aliphatic heterocycles. The SMILES string of the molecule is CC(=O)c1nc2c(s1)CCCNC2=O. The standard InChI is InChI=1S/C9H10N2O2S/c1-5(12)9-11-7-6(14-9)3-2-4-10-8(7)13/h2-4H2,1H3,(H,10,13). The summed E-state index contributed by atoms with van der Waals surface area (Å²) in [6.45, 7) is 2.16. The maximum absolute atomic E-state index is 11.5. The summed E-state index contributed by atoms with van der Waals surface area (Å²) in [7, 11) is 0. The molecule has 1 amide bonds. The van der Waals surface area contributed by atoms with E-state index >= 15 is 0 Å².